The zero-order valence-corrected chi connectivity index (χ0v) is 12.9. The highest BCUT2D eigenvalue weighted by atomic mass is 16.6. The van der Waals surface area contributed by atoms with E-state index in [0.29, 0.717) is 17.9 Å². The van der Waals surface area contributed by atoms with Gasteiger partial charge in [-0.15, -0.1) is 0 Å². The van der Waals surface area contributed by atoms with E-state index in [2.05, 4.69) is 13.8 Å². The van der Waals surface area contributed by atoms with Gasteiger partial charge in [0.1, 0.15) is 5.60 Å². The Bertz CT molecular complexity index is 360. The van der Waals surface area contributed by atoms with E-state index in [4.69, 9.17) is 10.5 Å². The molecule has 0 aromatic carbocycles. The van der Waals surface area contributed by atoms with Gasteiger partial charge in [-0.25, -0.2) is 4.79 Å². The summed E-state index contributed by atoms with van der Waals surface area (Å²) in [6.07, 6.45) is 2.01. The smallest absolute Gasteiger partial charge is 0.410 e. The van der Waals surface area contributed by atoms with Crippen molar-refractivity contribution in [3.05, 3.63) is 0 Å². The highest BCUT2D eigenvalue weighted by Gasteiger charge is 2.62. The van der Waals surface area contributed by atoms with Crippen molar-refractivity contribution in [1.82, 2.24) is 4.90 Å². The van der Waals surface area contributed by atoms with E-state index in [9.17, 15) is 4.79 Å². The van der Waals surface area contributed by atoms with E-state index in [-0.39, 0.29) is 11.5 Å². The number of nitrogens with two attached hydrogens (primary N) is 1. The van der Waals surface area contributed by atoms with Crippen LogP contribution in [0.1, 0.15) is 47.5 Å². The molecular formula is C15H28N2O2. The van der Waals surface area contributed by atoms with Crippen LogP contribution in [0.2, 0.25) is 0 Å². The molecule has 2 N–H and O–H groups in total. The maximum atomic E-state index is 12.3. The third-order valence-corrected chi connectivity index (χ3v) is 4.73. The maximum Gasteiger partial charge on any atom is 0.410 e. The molecule has 2 aliphatic rings. The Kier molecular flexibility index (Phi) is 3.58. The zero-order chi connectivity index (χ0) is 14.4. The summed E-state index contributed by atoms with van der Waals surface area (Å²) in [6, 6.07) is 0.318. The van der Waals surface area contributed by atoms with Gasteiger partial charge in [-0.2, -0.15) is 0 Å². The Morgan fingerprint density at radius 1 is 1.42 bits per heavy atom. The van der Waals surface area contributed by atoms with Gasteiger partial charge in [-0.3, -0.25) is 0 Å². The third kappa shape index (κ3) is 2.73. The van der Waals surface area contributed by atoms with Gasteiger partial charge in [0.2, 0.25) is 0 Å². The Morgan fingerprint density at radius 3 is 2.53 bits per heavy atom. The summed E-state index contributed by atoms with van der Waals surface area (Å²) in [5.74, 6) is 1.08. The fourth-order valence-electron chi connectivity index (χ4n) is 3.71. The van der Waals surface area contributed by atoms with Crippen molar-refractivity contribution in [2.24, 2.45) is 23.0 Å². The van der Waals surface area contributed by atoms with Gasteiger partial charge in [-0.05, 0) is 57.4 Å². The average molecular weight is 268 g/mol. The number of carbonyl (C=O) groups is 1. The van der Waals surface area contributed by atoms with Crippen molar-refractivity contribution in [2.45, 2.75) is 59.1 Å². The summed E-state index contributed by atoms with van der Waals surface area (Å²) in [5, 5.41) is 0. The van der Waals surface area contributed by atoms with E-state index in [0.717, 1.165) is 25.9 Å². The van der Waals surface area contributed by atoms with E-state index in [1.807, 2.05) is 25.7 Å². The predicted octanol–water partition coefficient (Wildman–Crippen LogP) is 2.62. The number of hydrogen-bond donors (Lipinski definition) is 1. The van der Waals surface area contributed by atoms with Crippen LogP contribution in [-0.4, -0.2) is 35.7 Å². The summed E-state index contributed by atoms with van der Waals surface area (Å²) in [6.45, 7) is 11.8. The summed E-state index contributed by atoms with van der Waals surface area (Å²) in [5.41, 5.74) is 5.70. The van der Waals surface area contributed by atoms with Crippen molar-refractivity contribution < 1.29 is 9.53 Å². The van der Waals surface area contributed by atoms with Crippen molar-refractivity contribution in [3.8, 4) is 0 Å². The molecule has 1 heterocycles. The number of ether oxygens (including phenoxy) is 1. The van der Waals surface area contributed by atoms with Gasteiger partial charge in [0, 0.05) is 12.6 Å². The van der Waals surface area contributed by atoms with Crippen LogP contribution in [0, 0.1) is 17.3 Å². The van der Waals surface area contributed by atoms with E-state index < -0.39 is 5.60 Å². The van der Waals surface area contributed by atoms with Gasteiger partial charge in [0.25, 0.3) is 0 Å². The molecule has 1 aliphatic heterocycles. The summed E-state index contributed by atoms with van der Waals surface area (Å²) < 4.78 is 5.52. The molecule has 2 fully saturated rings. The minimum absolute atomic E-state index is 0.159. The van der Waals surface area contributed by atoms with E-state index >= 15 is 0 Å². The fourth-order valence-corrected chi connectivity index (χ4v) is 3.71. The van der Waals surface area contributed by atoms with Crippen LogP contribution in [-0.2, 0) is 4.74 Å². The number of carbonyl (C=O) groups excluding carboxylic acids is 1. The Hall–Kier alpha value is -0.770. The largest absolute Gasteiger partial charge is 0.444 e. The van der Waals surface area contributed by atoms with Crippen molar-refractivity contribution in [3.63, 3.8) is 0 Å². The molecule has 1 amide bonds. The normalized spacial score (nSPS) is 33.4. The standard InChI is InChI=1S/C15H28N2O2/c1-14(2,3)19-13(18)17-8-6-7-11(17)12-10(9-16)15(12,4)5/h10-12H,6-9,16H2,1-5H3/t10-,11?,12+/m1/s1. The van der Waals surface area contributed by atoms with Gasteiger partial charge in [-0.1, -0.05) is 13.8 Å². The molecule has 110 valence electrons. The summed E-state index contributed by atoms with van der Waals surface area (Å²) >= 11 is 0. The molecule has 19 heavy (non-hydrogen) atoms. The molecule has 4 nitrogen and oxygen atoms in total. The molecule has 1 unspecified atom stereocenters. The van der Waals surface area contributed by atoms with Crippen molar-refractivity contribution in [1.29, 1.82) is 0 Å². The maximum absolute atomic E-state index is 12.3. The van der Waals surface area contributed by atoms with Crippen LogP contribution in [0.3, 0.4) is 0 Å². The quantitative estimate of drug-likeness (QED) is 0.837. The molecule has 2 rings (SSSR count). The van der Waals surface area contributed by atoms with Crippen LogP contribution in [0.15, 0.2) is 0 Å². The number of nitrogens with zero attached hydrogens (tertiary/aromatic N) is 1. The molecule has 0 aromatic rings. The van der Waals surface area contributed by atoms with Crippen LogP contribution >= 0.6 is 0 Å². The molecule has 1 aliphatic carbocycles. The molecule has 3 atom stereocenters. The highest BCUT2D eigenvalue weighted by Crippen LogP contribution is 2.61. The Balaban J connectivity index is 2.04. The minimum Gasteiger partial charge on any atom is -0.444 e. The minimum atomic E-state index is -0.420. The van der Waals surface area contributed by atoms with Crippen molar-refractivity contribution in [2.75, 3.05) is 13.1 Å². The van der Waals surface area contributed by atoms with Crippen LogP contribution in [0.25, 0.3) is 0 Å². The molecule has 1 saturated carbocycles. The topological polar surface area (TPSA) is 55.6 Å². The van der Waals surface area contributed by atoms with E-state index in [1.54, 1.807) is 0 Å². The number of amides is 1. The molecule has 1 saturated heterocycles. The molecule has 4 heteroatoms. The number of hydrogen-bond acceptors (Lipinski definition) is 3. The lowest BCUT2D eigenvalue weighted by atomic mass is 10.0. The first-order chi connectivity index (χ1) is 8.68. The van der Waals surface area contributed by atoms with Crippen LogP contribution in [0.4, 0.5) is 4.79 Å². The second kappa shape index (κ2) is 4.65. The lowest BCUT2D eigenvalue weighted by Crippen LogP contribution is -2.41. The average Bonchev–Trinajstić information content (AvgIpc) is 2.62. The lowest BCUT2D eigenvalue weighted by molar-refractivity contribution is 0.0198. The molecule has 0 aromatic heterocycles. The van der Waals surface area contributed by atoms with Crippen LogP contribution < -0.4 is 5.73 Å². The summed E-state index contributed by atoms with van der Waals surface area (Å²) in [4.78, 5) is 14.2. The van der Waals surface area contributed by atoms with Gasteiger partial charge in [0.15, 0.2) is 0 Å². The Labute approximate surface area is 116 Å². The first-order valence-electron chi connectivity index (χ1n) is 7.38. The Morgan fingerprint density at radius 2 is 2.05 bits per heavy atom. The molecule has 0 spiro atoms. The first-order valence-corrected chi connectivity index (χ1v) is 7.38. The monoisotopic (exact) mass is 268 g/mol. The SMILES string of the molecule is CC(C)(C)OC(=O)N1CCCC1[C@@H]1[C@@H](CN)C1(C)C. The van der Waals surface area contributed by atoms with Gasteiger partial charge < -0.3 is 15.4 Å². The molecule has 0 bridgehead atoms. The van der Waals surface area contributed by atoms with Crippen LogP contribution in [0.5, 0.6) is 0 Å². The van der Waals surface area contributed by atoms with Gasteiger partial charge in [0.05, 0.1) is 0 Å². The lowest BCUT2D eigenvalue weighted by Gasteiger charge is -2.29. The van der Waals surface area contributed by atoms with E-state index in [1.165, 1.54) is 0 Å². The third-order valence-electron chi connectivity index (χ3n) is 4.73. The predicted molar refractivity (Wildman–Crippen MR) is 75.8 cm³/mol. The number of likely N-dealkylation sites (tertiary alicyclic amines) is 1. The summed E-state index contributed by atoms with van der Waals surface area (Å²) in [7, 11) is 0. The molecular weight excluding hydrogens is 240 g/mol. The zero-order valence-electron chi connectivity index (χ0n) is 12.9. The second-order valence-electron chi connectivity index (χ2n) is 7.57. The fraction of sp³-hybridized carbons (Fsp3) is 0.933. The first kappa shape index (κ1) is 14.6. The molecule has 0 radical (unpaired) electrons. The number of rotatable bonds is 2. The van der Waals surface area contributed by atoms with Gasteiger partial charge >= 0.3 is 6.09 Å². The van der Waals surface area contributed by atoms with Crippen molar-refractivity contribution >= 4 is 6.09 Å². The second-order valence-corrected chi connectivity index (χ2v) is 7.57. The highest BCUT2D eigenvalue weighted by molar-refractivity contribution is 5.69.